The van der Waals surface area contributed by atoms with Crippen LogP contribution >= 0.6 is 11.6 Å². The SMILES string of the molecule is C[C@H]1CCC[C@H](C)[NH+]1C[C@H](O)COCc1ccc(Cl)cc1. The van der Waals surface area contributed by atoms with E-state index < -0.39 is 6.10 Å². The molecule has 0 radical (unpaired) electrons. The first-order valence-electron chi connectivity index (χ1n) is 7.92. The molecule has 21 heavy (non-hydrogen) atoms. The summed E-state index contributed by atoms with van der Waals surface area (Å²) in [4.78, 5) is 1.52. The number of halogens is 1. The highest BCUT2D eigenvalue weighted by Gasteiger charge is 2.30. The van der Waals surface area contributed by atoms with E-state index in [1.54, 1.807) is 0 Å². The Bertz CT molecular complexity index is 413. The zero-order valence-electron chi connectivity index (χ0n) is 13.0. The Balaban J connectivity index is 1.71. The molecule has 0 amide bonds. The maximum absolute atomic E-state index is 10.2. The minimum absolute atomic E-state index is 0.393. The van der Waals surface area contributed by atoms with Crippen molar-refractivity contribution in [2.75, 3.05) is 13.2 Å². The van der Waals surface area contributed by atoms with Gasteiger partial charge in [0.05, 0.1) is 25.3 Å². The molecule has 2 rings (SSSR count). The molecule has 1 saturated heterocycles. The summed E-state index contributed by atoms with van der Waals surface area (Å²) in [5.41, 5.74) is 1.08. The largest absolute Gasteiger partial charge is 0.385 e. The fourth-order valence-corrected chi connectivity index (χ4v) is 3.34. The zero-order valence-corrected chi connectivity index (χ0v) is 13.8. The van der Waals surface area contributed by atoms with Crippen molar-refractivity contribution in [1.29, 1.82) is 0 Å². The van der Waals surface area contributed by atoms with Crippen LogP contribution in [0.15, 0.2) is 24.3 Å². The molecule has 0 spiro atoms. The van der Waals surface area contributed by atoms with Gasteiger partial charge >= 0.3 is 0 Å². The van der Waals surface area contributed by atoms with Crippen LogP contribution in [0.2, 0.25) is 5.02 Å². The van der Waals surface area contributed by atoms with Gasteiger partial charge in [0.2, 0.25) is 0 Å². The molecule has 1 fully saturated rings. The van der Waals surface area contributed by atoms with Crippen molar-refractivity contribution in [2.45, 2.75) is 57.9 Å². The molecule has 1 aromatic rings. The Morgan fingerprint density at radius 2 is 1.86 bits per heavy atom. The first kappa shape index (κ1) is 16.8. The standard InChI is InChI=1S/C17H26ClNO2/c1-13-4-3-5-14(2)19(13)10-17(20)12-21-11-15-6-8-16(18)9-7-15/h6-9,13-14,17,20H,3-5,10-12H2,1-2H3/p+1/t13-,14-,17-/m0/s1. The summed E-state index contributed by atoms with van der Waals surface area (Å²) in [6, 6.07) is 8.90. The lowest BCUT2D eigenvalue weighted by atomic mass is 9.97. The molecule has 3 atom stereocenters. The molecule has 0 saturated carbocycles. The van der Waals surface area contributed by atoms with E-state index in [1.807, 2.05) is 24.3 Å². The Kier molecular flexibility index (Phi) is 6.49. The first-order valence-corrected chi connectivity index (χ1v) is 8.30. The van der Waals surface area contributed by atoms with Gasteiger partial charge in [-0.2, -0.15) is 0 Å². The second-order valence-corrected chi connectivity index (χ2v) is 6.74. The summed E-state index contributed by atoms with van der Waals surface area (Å²) in [5.74, 6) is 0. The molecular formula is C17H27ClNO2+. The smallest absolute Gasteiger partial charge is 0.126 e. The number of nitrogens with one attached hydrogen (secondary N) is 1. The van der Waals surface area contributed by atoms with Gasteiger partial charge in [0.1, 0.15) is 12.6 Å². The van der Waals surface area contributed by atoms with Gasteiger partial charge in [-0.1, -0.05) is 23.7 Å². The Morgan fingerprint density at radius 1 is 1.24 bits per heavy atom. The van der Waals surface area contributed by atoms with Crippen LogP contribution in [0.1, 0.15) is 38.7 Å². The number of likely N-dealkylation sites (tertiary alicyclic amines) is 1. The minimum Gasteiger partial charge on any atom is -0.385 e. The third-order valence-electron chi connectivity index (χ3n) is 4.50. The van der Waals surface area contributed by atoms with Crippen LogP contribution in [0.4, 0.5) is 0 Å². The van der Waals surface area contributed by atoms with Gasteiger partial charge < -0.3 is 14.7 Å². The number of rotatable bonds is 6. The summed E-state index contributed by atoms with van der Waals surface area (Å²) in [7, 11) is 0. The van der Waals surface area contributed by atoms with Gasteiger partial charge in [0.25, 0.3) is 0 Å². The van der Waals surface area contributed by atoms with Crippen molar-refractivity contribution in [3.8, 4) is 0 Å². The van der Waals surface area contributed by atoms with Crippen LogP contribution in [0, 0.1) is 0 Å². The van der Waals surface area contributed by atoms with Gasteiger partial charge in [-0.25, -0.2) is 0 Å². The minimum atomic E-state index is -0.393. The number of hydrogen-bond acceptors (Lipinski definition) is 2. The van der Waals surface area contributed by atoms with Crippen LogP contribution in [-0.2, 0) is 11.3 Å². The van der Waals surface area contributed by atoms with Crippen molar-refractivity contribution in [2.24, 2.45) is 0 Å². The van der Waals surface area contributed by atoms with Gasteiger partial charge in [-0.05, 0) is 50.8 Å². The van der Waals surface area contributed by atoms with E-state index in [9.17, 15) is 5.11 Å². The lowest BCUT2D eigenvalue weighted by molar-refractivity contribution is -0.954. The molecule has 1 aliphatic rings. The predicted octanol–water partition coefficient (Wildman–Crippen LogP) is 2.06. The highest BCUT2D eigenvalue weighted by molar-refractivity contribution is 6.30. The highest BCUT2D eigenvalue weighted by atomic mass is 35.5. The molecular weight excluding hydrogens is 286 g/mol. The van der Waals surface area contributed by atoms with Crippen LogP contribution in [-0.4, -0.2) is 36.4 Å². The Hall–Kier alpha value is -0.610. The van der Waals surface area contributed by atoms with E-state index in [2.05, 4.69) is 13.8 Å². The average molecular weight is 313 g/mol. The molecule has 2 N–H and O–H groups in total. The van der Waals surface area contributed by atoms with Crippen molar-refractivity contribution >= 4 is 11.6 Å². The van der Waals surface area contributed by atoms with E-state index in [4.69, 9.17) is 16.3 Å². The second-order valence-electron chi connectivity index (χ2n) is 6.31. The summed E-state index contributed by atoms with van der Waals surface area (Å²) in [6.45, 7) is 6.27. The first-order chi connectivity index (χ1) is 10.1. The van der Waals surface area contributed by atoms with E-state index in [1.165, 1.54) is 24.2 Å². The quantitative estimate of drug-likeness (QED) is 0.843. The number of aliphatic hydroxyl groups excluding tert-OH is 1. The molecule has 4 heteroatoms. The molecule has 1 heterocycles. The van der Waals surface area contributed by atoms with Crippen LogP contribution in [0.5, 0.6) is 0 Å². The van der Waals surface area contributed by atoms with E-state index >= 15 is 0 Å². The third-order valence-corrected chi connectivity index (χ3v) is 4.76. The second kappa shape index (κ2) is 8.14. The average Bonchev–Trinajstić information content (AvgIpc) is 2.45. The molecule has 0 aliphatic carbocycles. The van der Waals surface area contributed by atoms with Gasteiger partial charge in [-0.3, -0.25) is 0 Å². The Morgan fingerprint density at radius 3 is 2.48 bits per heavy atom. The molecule has 118 valence electrons. The topological polar surface area (TPSA) is 33.9 Å². The third kappa shape index (κ3) is 5.26. The van der Waals surface area contributed by atoms with Gasteiger partial charge in [-0.15, -0.1) is 0 Å². The van der Waals surface area contributed by atoms with Crippen LogP contribution in [0.25, 0.3) is 0 Å². The Labute approximate surface area is 132 Å². The fraction of sp³-hybridized carbons (Fsp3) is 0.647. The number of hydrogen-bond donors (Lipinski definition) is 2. The highest BCUT2D eigenvalue weighted by Crippen LogP contribution is 2.10. The number of benzene rings is 1. The van der Waals surface area contributed by atoms with Crippen molar-refractivity contribution in [3.05, 3.63) is 34.9 Å². The number of quaternary nitrogens is 1. The zero-order chi connectivity index (χ0) is 15.2. The van der Waals surface area contributed by atoms with Crippen molar-refractivity contribution in [1.82, 2.24) is 0 Å². The summed E-state index contributed by atoms with van der Waals surface area (Å²) < 4.78 is 5.63. The molecule has 1 aliphatic heterocycles. The van der Waals surface area contributed by atoms with E-state index in [0.717, 1.165) is 17.1 Å². The number of piperidine rings is 1. The normalized spacial score (nSPS) is 25.0. The number of ether oxygens (including phenoxy) is 1. The van der Waals surface area contributed by atoms with E-state index in [-0.39, 0.29) is 0 Å². The van der Waals surface area contributed by atoms with Gasteiger partial charge in [0.15, 0.2) is 0 Å². The fourth-order valence-electron chi connectivity index (χ4n) is 3.21. The van der Waals surface area contributed by atoms with Crippen molar-refractivity contribution in [3.63, 3.8) is 0 Å². The molecule has 3 nitrogen and oxygen atoms in total. The molecule has 0 bridgehead atoms. The maximum Gasteiger partial charge on any atom is 0.126 e. The molecule has 0 unspecified atom stereocenters. The molecule has 0 aromatic heterocycles. The maximum atomic E-state index is 10.2. The summed E-state index contributed by atoms with van der Waals surface area (Å²) in [6.07, 6.45) is 3.45. The van der Waals surface area contributed by atoms with E-state index in [0.29, 0.717) is 25.3 Å². The lowest BCUT2D eigenvalue weighted by Crippen LogP contribution is -3.20. The van der Waals surface area contributed by atoms with Crippen LogP contribution in [0.3, 0.4) is 0 Å². The van der Waals surface area contributed by atoms with Gasteiger partial charge in [0, 0.05) is 5.02 Å². The monoisotopic (exact) mass is 312 g/mol. The lowest BCUT2D eigenvalue weighted by Gasteiger charge is -2.36. The summed E-state index contributed by atoms with van der Waals surface area (Å²) >= 11 is 5.85. The van der Waals surface area contributed by atoms with Crippen LogP contribution < -0.4 is 4.90 Å². The number of aliphatic hydroxyl groups is 1. The molecule has 1 aromatic carbocycles. The van der Waals surface area contributed by atoms with Crippen molar-refractivity contribution < 1.29 is 14.7 Å². The predicted molar refractivity (Wildman–Crippen MR) is 85.7 cm³/mol. The summed E-state index contributed by atoms with van der Waals surface area (Å²) in [5, 5.41) is 10.9.